The maximum atomic E-state index is 4.80. The van der Waals surface area contributed by atoms with E-state index in [4.69, 9.17) is 12.6 Å². The Kier molecular flexibility index (Phi) is 9.03. The second kappa shape index (κ2) is 9.47. The minimum absolute atomic E-state index is 0.341. The Morgan fingerprint density at radius 1 is 1.50 bits per heavy atom. The Balaban J connectivity index is 0.00000106. The number of aliphatic imine (C=N–C) groups is 1. The molecule has 0 aliphatic heterocycles. The molecule has 1 aromatic heterocycles. The molecule has 91 valence electrons. The van der Waals surface area contributed by atoms with E-state index in [-0.39, 0.29) is 0 Å². The average Bonchev–Trinajstić information content (AvgIpc) is 2.38. The van der Waals surface area contributed by atoms with Crippen molar-refractivity contribution in [2.24, 2.45) is 10.1 Å². The first-order valence-corrected chi connectivity index (χ1v) is 5.76. The third-order valence-corrected chi connectivity index (χ3v) is 1.73. The molecular formula is C8H10ClCuN5S. The van der Waals surface area contributed by atoms with Gasteiger partial charge in [-0.2, -0.15) is 5.10 Å². The molecule has 0 spiro atoms. The predicted octanol–water partition coefficient (Wildman–Crippen LogP) is 1.01. The van der Waals surface area contributed by atoms with E-state index in [1.54, 1.807) is 25.6 Å². The molecule has 0 fully saturated rings. The number of hydrazone groups is 1. The predicted molar refractivity (Wildman–Crippen MR) is 64.0 cm³/mol. The van der Waals surface area contributed by atoms with Gasteiger partial charge >= 0.3 is 25.2 Å². The third-order valence-electron chi connectivity index (χ3n) is 1.46. The van der Waals surface area contributed by atoms with Gasteiger partial charge in [-0.3, -0.25) is 20.4 Å². The molecule has 16 heavy (non-hydrogen) atoms. The second-order valence-electron chi connectivity index (χ2n) is 2.43. The van der Waals surface area contributed by atoms with Gasteiger partial charge in [0.25, 0.3) is 0 Å². The molecule has 1 N–H and O–H groups in total. The summed E-state index contributed by atoms with van der Waals surface area (Å²) >= 11 is 8.46. The van der Waals surface area contributed by atoms with Crippen molar-refractivity contribution in [3.63, 3.8) is 0 Å². The Morgan fingerprint density at radius 2 is 2.19 bits per heavy atom. The molecule has 0 aliphatic carbocycles. The SMILES string of the molecule is CN=C([S-])N/N=C(\C)c1cnccn1.[Cl][Cu+]. The molecule has 1 rings (SSSR count). The average molecular weight is 307 g/mol. The molecule has 0 radical (unpaired) electrons. The zero-order chi connectivity index (χ0) is 12.4. The van der Waals surface area contributed by atoms with Gasteiger partial charge in [-0.1, -0.05) is 0 Å². The van der Waals surface area contributed by atoms with Gasteiger partial charge in [0.1, 0.15) is 5.69 Å². The summed E-state index contributed by atoms with van der Waals surface area (Å²) in [4.78, 5) is 11.7. The van der Waals surface area contributed by atoms with Crippen LogP contribution in [-0.4, -0.2) is 27.9 Å². The Morgan fingerprint density at radius 3 is 2.69 bits per heavy atom. The molecule has 1 aromatic rings. The van der Waals surface area contributed by atoms with E-state index in [0.29, 0.717) is 16.6 Å². The van der Waals surface area contributed by atoms with Crippen LogP contribution in [0.4, 0.5) is 0 Å². The third kappa shape index (κ3) is 5.97. The summed E-state index contributed by atoms with van der Waals surface area (Å²) in [5.41, 5.74) is 4.03. The van der Waals surface area contributed by atoms with Gasteiger partial charge in [0.2, 0.25) is 0 Å². The van der Waals surface area contributed by atoms with Crippen molar-refractivity contribution in [3.05, 3.63) is 24.3 Å². The van der Waals surface area contributed by atoms with Crippen LogP contribution in [0.15, 0.2) is 28.7 Å². The number of nitrogens with one attached hydrogen (secondary N) is 1. The molecule has 5 nitrogen and oxygen atoms in total. The Hall–Kier alpha value is -0.751. The molecule has 0 aliphatic rings. The normalized spacial score (nSPS) is 11.6. The van der Waals surface area contributed by atoms with Crippen molar-refractivity contribution in [1.82, 2.24) is 15.4 Å². The number of nitrogens with zero attached hydrogens (tertiary/aromatic N) is 4. The van der Waals surface area contributed by atoms with Crippen LogP contribution in [0.5, 0.6) is 0 Å². The number of hydrogen-bond acceptors (Lipinski definition) is 5. The summed E-state index contributed by atoms with van der Waals surface area (Å²) in [5.74, 6) is 0. The molecule has 0 unspecified atom stereocenters. The first-order chi connectivity index (χ1) is 7.74. The van der Waals surface area contributed by atoms with E-state index in [1.807, 2.05) is 6.92 Å². The van der Waals surface area contributed by atoms with Crippen molar-refractivity contribution < 1.29 is 15.1 Å². The maximum absolute atomic E-state index is 4.80. The van der Waals surface area contributed by atoms with Crippen molar-refractivity contribution in [2.75, 3.05) is 7.05 Å². The van der Waals surface area contributed by atoms with Crippen LogP contribution in [0.3, 0.4) is 0 Å². The Bertz CT molecular complexity index is 357. The number of rotatable bonds is 2. The van der Waals surface area contributed by atoms with E-state index in [0.717, 1.165) is 0 Å². The second-order valence-corrected chi connectivity index (χ2v) is 2.82. The van der Waals surface area contributed by atoms with Gasteiger partial charge in [0, 0.05) is 19.4 Å². The van der Waals surface area contributed by atoms with E-state index in [2.05, 4.69) is 50.7 Å². The van der Waals surface area contributed by atoms with Crippen LogP contribution in [0.25, 0.3) is 0 Å². The fraction of sp³-hybridized carbons (Fsp3) is 0.250. The zero-order valence-electron chi connectivity index (χ0n) is 8.61. The van der Waals surface area contributed by atoms with E-state index in [1.165, 1.54) is 0 Å². The first kappa shape index (κ1) is 15.2. The molecule has 0 atom stereocenters. The van der Waals surface area contributed by atoms with E-state index in [9.17, 15) is 0 Å². The van der Waals surface area contributed by atoms with Crippen LogP contribution in [0.1, 0.15) is 12.6 Å². The van der Waals surface area contributed by atoms with Gasteiger partial charge in [0.15, 0.2) is 0 Å². The summed E-state index contributed by atoms with van der Waals surface area (Å²) < 4.78 is 0. The molecule has 8 heteroatoms. The van der Waals surface area contributed by atoms with Crippen LogP contribution < -0.4 is 5.43 Å². The van der Waals surface area contributed by atoms with Crippen LogP contribution in [0.2, 0.25) is 0 Å². The van der Waals surface area contributed by atoms with Crippen LogP contribution in [-0.2, 0) is 27.7 Å². The molecule has 0 amide bonds. The minimum atomic E-state index is 0.341. The molecule has 1 heterocycles. The summed E-state index contributed by atoms with van der Waals surface area (Å²) in [6.07, 6.45) is 4.85. The number of halogens is 1. The van der Waals surface area contributed by atoms with Crippen molar-refractivity contribution in [2.45, 2.75) is 6.92 Å². The molecule has 0 saturated heterocycles. The topological polar surface area (TPSA) is 62.5 Å². The summed E-state index contributed by atoms with van der Waals surface area (Å²) in [5, 5.41) is 4.34. The van der Waals surface area contributed by atoms with Gasteiger partial charge in [-0.15, -0.1) is 0 Å². The Labute approximate surface area is 112 Å². The quantitative estimate of drug-likeness (QED) is 0.291. The zero-order valence-corrected chi connectivity index (χ0v) is 11.1. The number of hydrogen-bond donors (Lipinski definition) is 1. The summed E-state index contributed by atoms with van der Waals surface area (Å²) in [7, 11) is 5.80. The molecule has 0 aromatic carbocycles. The van der Waals surface area contributed by atoms with Gasteiger partial charge < -0.3 is 12.6 Å². The van der Waals surface area contributed by atoms with E-state index >= 15 is 0 Å². The summed E-state index contributed by atoms with van der Waals surface area (Å²) in [6.45, 7) is 1.81. The van der Waals surface area contributed by atoms with Crippen molar-refractivity contribution >= 4 is 33.6 Å². The van der Waals surface area contributed by atoms with Gasteiger partial charge in [-0.25, -0.2) is 0 Å². The number of aromatic nitrogens is 2. The fourth-order valence-electron chi connectivity index (χ4n) is 0.725. The monoisotopic (exact) mass is 306 g/mol. The van der Waals surface area contributed by atoms with Crippen LogP contribution >= 0.6 is 10.1 Å². The first-order valence-electron chi connectivity index (χ1n) is 4.06. The van der Waals surface area contributed by atoms with Gasteiger partial charge in [0.05, 0.1) is 11.9 Å². The molecule has 0 bridgehead atoms. The summed E-state index contributed by atoms with van der Waals surface area (Å²) in [6, 6.07) is 0. The van der Waals surface area contributed by atoms with Gasteiger partial charge in [-0.05, 0) is 12.1 Å². The molecular weight excluding hydrogens is 297 g/mol. The van der Waals surface area contributed by atoms with Crippen LogP contribution in [0, 0.1) is 0 Å². The standard InChI is InChI=1S/C8H11N5S.ClH.Cu/c1-6(12-13-8(14)9-2)7-5-10-3-4-11-7;;/h3-5H,1-2H3,(H2,9,13,14);1H;/q;;+2/p-2/b12-6+;;. The van der Waals surface area contributed by atoms with Crippen molar-refractivity contribution in [1.29, 1.82) is 0 Å². The fourth-order valence-corrected chi connectivity index (χ4v) is 0.771. The van der Waals surface area contributed by atoms with E-state index < -0.39 is 0 Å². The van der Waals surface area contributed by atoms with Crippen molar-refractivity contribution in [3.8, 4) is 0 Å². The molecule has 0 saturated carbocycles. The number of amidine groups is 1.